The van der Waals surface area contributed by atoms with Crippen LogP contribution in [0, 0.1) is 6.92 Å². The van der Waals surface area contributed by atoms with Crippen LogP contribution in [0.4, 0.5) is 0 Å². The molecule has 2 aromatic rings. The number of aryl methyl sites for hydroxylation is 1. The van der Waals surface area contributed by atoms with Gasteiger partial charge in [-0.25, -0.2) is 0 Å². The SMILES string of the molecule is CCCCN(Cc1cccn1Cc1cccc(C)c1)C(=O)CN(CCCC)C(=O)C(Cl)Cl. The van der Waals surface area contributed by atoms with E-state index < -0.39 is 10.7 Å². The van der Waals surface area contributed by atoms with Crippen LogP contribution in [0.15, 0.2) is 42.6 Å². The van der Waals surface area contributed by atoms with Crippen molar-refractivity contribution in [3.05, 3.63) is 59.4 Å². The summed E-state index contributed by atoms with van der Waals surface area (Å²) in [5.74, 6) is -0.492. The van der Waals surface area contributed by atoms with Crippen LogP contribution in [0.1, 0.15) is 56.4 Å². The second kappa shape index (κ2) is 13.5. The van der Waals surface area contributed by atoms with Crippen LogP contribution in [0.2, 0.25) is 0 Å². The zero-order valence-electron chi connectivity index (χ0n) is 19.4. The molecule has 0 aliphatic heterocycles. The van der Waals surface area contributed by atoms with Crippen LogP contribution in [0.25, 0.3) is 0 Å². The van der Waals surface area contributed by atoms with E-state index in [9.17, 15) is 9.59 Å². The van der Waals surface area contributed by atoms with Crippen molar-refractivity contribution in [1.82, 2.24) is 14.4 Å². The first kappa shape index (κ1) is 26.3. The largest absolute Gasteiger partial charge is 0.345 e. The molecular formula is C25H35Cl2N3O2. The third-order valence-corrected chi connectivity index (χ3v) is 5.83. The van der Waals surface area contributed by atoms with Crippen molar-refractivity contribution in [1.29, 1.82) is 0 Å². The van der Waals surface area contributed by atoms with E-state index in [1.54, 1.807) is 0 Å². The Morgan fingerprint density at radius 3 is 2.31 bits per heavy atom. The summed E-state index contributed by atoms with van der Waals surface area (Å²) in [6, 6.07) is 12.5. The number of carbonyl (C=O) groups excluding carboxylic acids is 2. The summed E-state index contributed by atoms with van der Waals surface area (Å²) in [4.78, 5) is 27.8. The molecule has 0 spiro atoms. The minimum Gasteiger partial charge on any atom is -0.345 e. The van der Waals surface area contributed by atoms with Crippen LogP contribution in [-0.2, 0) is 22.7 Å². The molecule has 0 atom stereocenters. The maximum atomic E-state index is 13.2. The summed E-state index contributed by atoms with van der Waals surface area (Å²) < 4.78 is 2.18. The van der Waals surface area contributed by atoms with Gasteiger partial charge >= 0.3 is 0 Å². The Kier molecular flexibility index (Phi) is 11.1. The molecule has 2 rings (SSSR count). The van der Waals surface area contributed by atoms with E-state index in [-0.39, 0.29) is 12.5 Å². The van der Waals surface area contributed by atoms with Gasteiger partial charge in [0.15, 0.2) is 4.84 Å². The number of nitrogens with zero attached hydrogens (tertiary/aromatic N) is 3. The molecule has 0 N–H and O–H groups in total. The molecular weight excluding hydrogens is 445 g/mol. The average molecular weight is 480 g/mol. The topological polar surface area (TPSA) is 45.6 Å². The van der Waals surface area contributed by atoms with E-state index in [1.807, 2.05) is 24.1 Å². The summed E-state index contributed by atoms with van der Waals surface area (Å²) in [6.45, 7) is 8.60. The zero-order valence-corrected chi connectivity index (χ0v) is 20.9. The number of hydrogen-bond acceptors (Lipinski definition) is 2. The van der Waals surface area contributed by atoms with Gasteiger partial charge in [-0.1, -0.05) is 79.7 Å². The van der Waals surface area contributed by atoms with Gasteiger partial charge in [0, 0.05) is 31.5 Å². The molecule has 7 heteroatoms. The van der Waals surface area contributed by atoms with Crippen molar-refractivity contribution < 1.29 is 9.59 Å². The number of rotatable bonds is 13. The number of halogens is 2. The second-order valence-electron chi connectivity index (χ2n) is 8.20. The van der Waals surface area contributed by atoms with Gasteiger partial charge in [-0.05, 0) is 37.5 Å². The summed E-state index contributed by atoms with van der Waals surface area (Å²) >= 11 is 11.6. The van der Waals surface area contributed by atoms with Crippen molar-refractivity contribution in [3.63, 3.8) is 0 Å². The minimum absolute atomic E-state index is 0.00290. The standard InChI is InChI=1S/C25H35Cl2N3O2/c1-4-6-13-29(23(31)19-30(14-7-5-2)25(32)24(26)27)18-22-12-9-15-28(22)17-21-11-8-10-20(3)16-21/h8-12,15-16,24H,4-7,13-14,17-19H2,1-3H3. The predicted octanol–water partition coefficient (Wildman–Crippen LogP) is 5.41. The normalized spacial score (nSPS) is 11.1. The smallest absolute Gasteiger partial charge is 0.256 e. The van der Waals surface area contributed by atoms with E-state index in [1.165, 1.54) is 16.0 Å². The molecule has 0 radical (unpaired) electrons. The van der Waals surface area contributed by atoms with Gasteiger partial charge in [0.25, 0.3) is 5.91 Å². The Balaban J connectivity index is 2.15. The van der Waals surface area contributed by atoms with E-state index >= 15 is 0 Å². The van der Waals surface area contributed by atoms with Crippen LogP contribution in [0.5, 0.6) is 0 Å². The summed E-state index contributed by atoms with van der Waals surface area (Å²) in [6.07, 6.45) is 5.65. The highest BCUT2D eigenvalue weighted by Crippen LogP contribution is 2.14. The number of unbranched alkanes of at least 4 members (excludes halogenated alkanes) is 2. The number of amides is 2. The molecule has 0 bridgehead atoms. The molecule has 0 fully saturated rings. The summed E-state index contributed by atoms with van der Waals surface area (Å²) in [7, 11) is 0. The molecule has 1 aromatic heterocycles. The van der Waals surface area contributed by atoms with Crippen molar-refractivity contribution in [2.24, 2.45) is 0 Å². The van der Waals surface area contributed by atoms with Gasteiger partial charge in [0.2, 0.25) is 5.91 Å². The number of aromatic nitrogens is 1. The molecule has 0 saturated carbocycles. The van der Waals surface area contributed by atoms with Crippen LogP contribution < -0.4 is 0 Å². The van der Waals surface area contributed by atoms with E-state index in [0.717, 1.165) is 37.9 Å². The lowest BCUT2D eigenvalue weighted by Crippen LogP contribution is -2.45. The lowest BCUT2D eigenvalue weighted by atomic mass is 10.1. The van der Waals surface area contributed by atoms with Gasteiger partial charge in [-0.3, -0.25) is 9.59 Å². The van der Waals surface area contributed by atoms with E-state index in [0.29, 0.717) is 19.6 Å². The number of alkyl halides is 2. The zero-order chi connectivity index (χ0) is 23.5. The maximum absolute atomic E-state index is 13.2. The van der Waals surface area contributed by atoms with Gasteiger partial charge < -0.3 is 14.4 Å². The first-order valence-electron chi connectivity index (χ1n) is 11.4. The number of benzene rings is 1. The molecule has 5 nitrogen and oxygen atoms in total. The molecule has 0 aliphatic carbocycles. The molecule has 0 saturated heterocycles. The van der Waals surface area contributed by atoms with Crippen LogP contribution in [0.3, 0.4) is 0 Å². The number of hydrogen-bond donors (Lipinski definition) is 0. The summed E-state index contributed by atoms with van der Waals surface area (Å²) in [5, 5.41) is 0. The molecule has 2 amide bonds. The fraction of sp³-hybridized carbons (Fsp3) is 0.520. The highest BCUT2D eigenvalue weighted by Gasteiger charge is 2.25. The fourth-order valence-electron chi connectivity index (χ4n) is 3.61. The maximum Gasteiger partial charge on any atom is 0.256 e. The Bertz CT molecular complexity index is 866. The lowest BCUT2D eigenvalue weighted by Gasteiger charge is -2.28. The monoisotopic (exact) mass is 479 g/mol. The highest BCUT2D eigenvalue weighted by molar-refractivity contribution is 6.53. The van der Waals surface area contributed by atoms with Gasteiger partial charge in [-0.2, -0.15) is 0 Å². The Hall–Kier alpha value is -1.98. The number of carbonyl (C=O) groups is 2. The third-order valence-electron chi connectivity index (χ3n) is 5.45. The molecule has 1 aromatic carbocycles. The van der Waals surface area contributed by atoms with Crippen LogP contribution in [-0.4, -0.2) is 50.7 Å². The Morgan fingerprint density at radius 2 is 1.69 bits per heavy atom. The molecule has 32 heavy (non-hydrogen) atoms. The van der Waals surface area contributed by atoms with Crippen molar-refractivity contribution >= 4 is 35.0 Å². The third kappa shape index (κ3) is 8.18. The Morgan fingerprint density at radius 1 is 1.00 bits per heavy atom. The van der Waals surface area contributed by atoms with Crippen molar-refractivity contribution in [2.45, 2.75) is 64.4 Å². The van der Waals surface area contributed by atoms with Gasteiger partial charge in [-0.15, -0.1) is 0 Å². The molecule has 1 heterocycles. The minimum atomic E-state index is -1.16. The average Bonchev–Trinajstić information content (AvgIpc) is 3.19. The van der Waals surface area contributed by atoms with E-state index in [2.05, 4.69) is 48.7 Å². The first-order chi connectivity index (χ1) is 15.3. The van der Waals surface area contributed by atoms with Crippen LogP contribution >= 0.6 is 23.2 Å². The van der Waals surface area contributed by atoms with Gasteiger partial charge in [0.1, 0.15) is 0 Å². The van der Waals surface area contributed by atoms with Crippen molar-refractivity contribution in [3.8, 4) is 0 Å². The molecule has 0 unspecified atom stereocenters. The first-order valence-corrected chi connectivity index (χ1v) is 12.3. The summed E-state index contributed by atoms with van der Waals surface area (Å²) in [5.41, 5.74) is 3.51. The Labute approximate surface area is 202 Å². The fourth-order valence-corrected chi connectivity index (χ4v) is 3.88. The quantitative estimate of drug-likeness (QED) is 0.360. The van der Waals surface area contributed by atoms with Crippen molar-refractivity contribution in [2.75, 3.05) is 19.6 Å². The highest BCUT2D eigenvalue weighted by atomic mass is 35.5. The predicted molar refractivity (Wildman–Crippen MR) is 132 cm³/mol. The lowest BCUT2D eigenvalue weighted by molar-refractivity contribution is -0.140. The molecule has 176 valence electrons. The molecule has 0 aliphatic rings. The second-order valence-corrected chi connectivity index (χ2v) is 9.30. The van der Waals surface area contributed by atoms with E-state index in [4.69, 9.17) is 23.2 Å². The van der Waals surface area contributed by atoms with Gasteiger partial charge in [0.05, 0.1) is 13.1 Å².